The van der Waals surface area contributed by atoms with Gasteiger partial charge in [-0.1, -0.05) is 23.2 Å². The molecule has 2 N–H and O–H groups in total. The summed E-state index contributed by atoms with van der Waals surface area (Å²) in [4.78, 5) is 18.9. The second-order valence-electron chi connectivity index (χ2n) is 9.30. The van der Waals surface area contributed by atoms with Gasteiger partial charge in [0, 0.05) is 46.0 Å². The molecule has 0 radical (unpaired) electrons. The van der Waals surface area contributed by atoms with Crippen molar-refractivity contribution in [3.05, 3.63) is 70.7 Å². The summed E-state index contributed by atoms with van der Waals surface area (Å²) in [6.45, 7) is 1.49. The maximum absolute atomic E-state index is 6.25. The highest BCUT2D eigenvalue weighted by Gasteiger charge is 2.14. The molecule has 0 amide bonds. The summed E-state index contributed by atoms with van der Waals surface area (Å²) in [6, 6.07) is 18.9. The van der Waals surface area contributed by atoms with Gasteiger partial charge in [0.15, 0.2) is 0 Å². The summed E-state index contributed by atoms with van der Waals surface area (Å²) in [5, 5.41) is 10.4. The third kappa shape index (κ3) is 5.08. The first-order valence-electron chi connectivity index (χ1n) is 12.9. The average Bonchev–Trinajstić information content (AvgIpc) is 2.97. The largest absolute Gasteiger partial charge is 0.481 e. The number of nitrogens with one attached hydrogen (secondary N) is 2. The molecule has 0 aliphatic heterocycles. The van der Waals surface area contributed by atoms with Crippen LogP contribution in [0.15, 0.2) is 60.7 Å². The number of hydrogen-bond acceptors (Lipinski definition) is 8. The Morgan fingerprint density at radius 1 is 0.575 bits per heavy atom. The van der Waals surface area contributed by atoms with Gasteiger partial charge in [-0.15, -0.1) is 0 Å². The standard InChI is InChI=1S/C30H26Cl2N6O2/c1-39-25-11-9-21-29(37-25)27(19-7-5-17(31)15-23(19)35-21)33-13-3-4-14-34-28-20-8-6-18(32)16-24(20)36-22-10-12-26(40-2)38-30(22)28/h5-12,15-16H,3-4,13-14H2,1-2H3,(H,33,35)(H,34,36). The van der Waals surface area contributed by atoms with E-state index in [1.165, 1.54) is 0 Å². The smallest absolute Gasteiger partial charge is 0.213 e. The van der Waals surface area contributed by atoms with E-state index in [9.17, 15) is 0 Å². The molecule has 0 atom stereocenters. The summed E-state index contributed by atoms with van der Waals surface area (Å²) in [7, 11) is 3.22. The Kier molecular flexibility index (Phi) is 7.28. The van der Waals surface area contributed by atoms with Crippen molar-refractivity contribution in [1.82, 2.24) is 19.9 Å². The van der Waals surface area contributed by atoms with E-state index in [0.29, 0.717) is 21.8 Å². The van der Waals surface area contributed by atoms with E-state index in [1.54, 1.807) is 14.2 Å². The van der Waals surface area contributed by atoms with Crippen molar-refractivity contribution in [2.45, 2.75) is 12.8 Å². The molecule has 0 spiro atoms. The van der Waals surface area contributed by atoms with Crippen LogP contribution in [0.5, 0.6) is 11.8 Å². The molecule has 0 aliphatic carbocycles. The van der Waals surface area contributed by atoms with Crippen LogP contribution < -0.4 is 20.1 Å². The van der Waals surface area contributed by atoms with Crippen LogP contribution in [-0.2, 0) is 0 Å². The molecule has 8 nitrogen and oxygen atoms in total. The number of nitrogens with zero attached hydrogens (tertiary/aromatic N) is 4. The second kappa shape index (κ2) is 11.2. The van der Waals surface area contributed by atoms with Crippen molar-refractivity contribution in [2.75, 3.05) is 37.9 Å². The number of unbranched alkanes of at least 4 members (excludes halogenated alkanes) is 1. The van der Waals surface area contributed by atoms with E-state index in [1.807, 2.05) is 60.7 Å². The van der Waals surface area contributed by atoms with Gasteiger partial charge in [0.1, 0.15) is 11.0 Å². The van der Waals surface area contributed by atoms with E-state index in [-0.39, 0.29) is 0 Å². The Balaban J connectivity index is 1.21. The maximum Gasteiger partial charge on any atom is 0.213 e. The van der Waals surface area contributed by atoms with Crippen LogP contribution in [-0.4, -0.2) is 47.2 Å². The number of fused-ring (bicyclic) bond motifs is 4. The number of anilines is 2. The minimum Gasteiger partial charge on any atom is -0.481 e. The quantitative estimate of drug-likeness (QED) is 0.136. The number of benzene rings is 2. The lowest BCUT2D eigenvalue weighted by atomic mass is 10.1. The molecule has 0 bridgehead atoms. The van der Waals surface area contributed by atoms with Crippen molar-refractivity contribution in [3.63, 3.8) is 0 Å². The van der Waals surface area contributed by atoms with Gasteiger partial charge in [0.05, 0.1) is 47.7 Å². The lowest BCUT2D eigenvalue weighted by molar-refractivity contribution is 0.399. The summed E-state index contributed by atoms with van der Waals surface area (Å²) < 4.78 is 10.7. The van der Waals surface area contributed by atoms with Crippen molar-refractivity contribution < 1.29 is 9.47 Å². The van der Waals surface area contributed by atoms with Crippen LogP contribution in [0, 0.1) is 0 Å². The van der Waals surface area contributed by atoms with E-state index < -0.39 is 0 Å². The van der Waals surface area contributed by atoms with Crippen LogP contribution in [0.4, 0.5) is 11.4 Å². The lowest BCUT2D eigenvalue weighted by Crippen LogP contribution is -2.09. The predicted molar refractivity (Wildman–Crippen MR) is 163 cm³/mol. The first-order valence-corrected chi connectivity index (χ1v) is 13.7. The molecular formula is C30H26Cl2N6O2. The number of rotatable bonds is 9. The van der Waals surface area contributed by atoms with Gasteiger partial charge in [-0.05, 0) is 61.4 Å². The van der Waals surface area contributed by atoms with Gasteiger partial charge in [0.2, 0.25) is 11.8 Å². The van der Waals surface area contributed by atoms with Crippen LogP contribution in [0.2, 0.25) is 10.0 Å². The van der Waals surface area contributed by atoms with Gasteiger partial charge in [-0.2, -0.15) is 0 Å². The molecule has 0 saturated carbocycles. The molecule has 0 aliphatic rings. The number of ether oxygens (including phenoxy) is 2. The number of halogens is 2. The Labute approximate surface area is 240 Å². The van der Waals surface area contributed by atoms with E-state index in [0.717, 1.165) is 81.2 Å². The summed E-state index contributed by atoms with van der Waals surface area (Å²) in [6.07, 6.45) is 1.83. The zero-order valence-corrected chi connectivity index (χ0v) is 23.5. The Morgan fingerprint density at radius 2 is 1.02 bits per heavy atom. The fourth-order valence-electron chi connectivity index (χ4n) is 4.81. The number of hydrogen-bond donors (Lipinski definition) is 2. The number of pyridine rings is 4. The van der Waals surface area contributed by atoms with E-state index >= 15 is 0 Å². The third-order valence-electron chi connectivity index (χ3n) is 6.74. The third-order valence-corrected chi connectivity index (χ3v) is 7.21. The van der Waals surface area contributed by atoms with Crippen molar-refractivity contribution in [2.24, 2.45) is 0 Å². The monoisotopic (exact) mass is 572 g/mol. The highest BCUT2D eigenvalue weighted by atomic mass is 35.5. The SMILES string of the molecule is COc1ccc2nc3cc(Cl)ccc3c(NCCCCNc3c4ccc(Cl)cc4nc4ccc(OC)nc34)c2n1. The van der Waals surface area contributed by atoms with Crippen molar-refractivity contribution in [3.8, 4) is 11.8 Å². The van der Waals surface area contributed by atoms with Crippen molar-refractivity contribution >= 4 is 78.4 Å². The molecule has 202 valence electrons. The van der Waals surface area contributed by atoms with E-state index in [4.69, 9.17) is 42.6 Å². The minimum atomic E-state index is 0.540. The molecular weight excluding hydrogens is 547 g/mol. The Hall–Kier alpha value is -4.14. The Bertz CT molecular complexity index is 1740. The molecule has 10 heteroatoms. The molecule has 40 heavy (non-hydrogen) atoms. The highest BCUT2D eigenvalue weighted by molar-refractivity contribution is 6.32. The number of aromatic nitrogens is 4. The fraction of sp³-hybridized carbons (Fsp3) is 0.200. The zero-order valence-electron chi connectivity index (χ0n) is 22.0. The first kappa shape index (κ1) is 26.1. The summed E-state index contributed by atoms with van der Waals surface area (Å²) >= 11 is 12.5. The minimum absolute atomic E-state index is 0.540. The topological polar surface area (TPSA) is 94.1 Å². The molecule has 0 saturated heterocycles. The van der Waals surface area contributed by atoms with Crippen LogP contribution >= 0.6 is 23.2 Å². The van der Waals surface area contributed by atoms with Crippen LogP contribution in [0.3, 0.4) is 0 Å². The van der Waals surface area contributed by atoms with Crippen LogP contribution in [0.25, 0.3) is 43.9 Å². The van der Waals surface area contributed by atoms with Crippen molar-refractivity contribution in [1.29, 1.82) is 0 Å². The molecule has 4 heterocycles. The molecule has 6 aromatic rings. The van der Waals surface area contributed by atoms with Gasteiger partial charge in [-0.3, -0.25) is 0 Å². The molecule has 0 unspecified atom stereocenters. The normalized spacial score (nSPS) is 11.4. The maximum atomic E-state index is 6.25. The molecule has 0 fully saturated rings. The molecule has 6 rings (SSSR count). The summed E-state index contributed by atoms with van der Waals surface area (Å²) in [5.74, 6) is 1.08. The lowest BCUT2D eigenvalue weighted by Gasteiger charge is -2.15. The van der Waals surface area contributed by atoms with Gasteiger partial charge in [0.25, 0.3) is 0 Å². The summed E-state index contributed by atoms with van der Waals surface area (Å²) in [5.41, 5.74) is 6.55. The van der Waals surface area contributed by atoms with Gasteiger partial charge in [-0.25, -0.2) is 19.9 Å². The van der Waals surface area contributed by atoms with Gasteiger partial charge < -0.3 is 20.1 Å². The Morgan fingerprint density at radius 3 is 1.45 bits per heavy atom. The highest BCUT2D eigenvalue weighted by Crippen LogP contribution is 2.34. The van der Waals surface area contributed by atoms with E-state index in [2.05, 4.69) is 20.6 Å². The van der Waals surface area contributed by atoms with Crippen LogP contribution in [0.1, 0.15) is 12.8 Å². The fourth-order valence-corrected chi connectivity index (χ4v) is 5.14. The number of methoxy groups -OCH3 is 2. The molecule has 2 aromatic carbocycles. The molecule has 4 aromatic heterocycles. The predicted octanol–water partition coefficient (Wildman–Crippen LogP) is 7.51. The average molecular weight is 573 g/mol. The van der Waals surface area contributed by atoms with Gasteiger partial charge >= 0.3 is 0 Å². The first-order chi connectivity index (χ1) is 19.5. The second-order valence-corrected chi connectivity index (χ2v) is 10.2. The zero-order chi connectivity index (χ0) is 27.6.